The zero-order valence-electron chi connectivity index (χ0n) is 17.7. The zero-order valence-corrected chi connectivity index (χ0v) is 17.7. The van der Waals surface area contributed by atoms with Crippen molar-refractivity contribution in [1.82, 2.24) is 9.13 Å². The van der Waals surface area contributed by atoms with E-state index in [-0.39, 0.29) is 17.3 Å². The van der Waals surface area contributed by atoms with Gasteiger partial charge in [-0.25, -0.2) is 4.79 Å². The van der Waals surface area contributed by atoms with Gasteiger partial charge in [0.1, 0.15) is 11.5 Å². The fourth-order valence-corrected chi connectivity index (χ4v) is 5.49. The number of nitrogens with zero attached hydrogens (tertiary/aromatic N) is 3. The monoisotopic (exact) mass is 412 g/mol. The van der Waals surface area contributed by atoms with E-state index in [9.17, 15) is 9.59 Å². The first kappa shape index (κ1) is 18.2. The summed E-state index contributed by atoms with van der Waals surface area (Å²) in [5.74, 6) is 0.693. The number of fused-ring (bicyclic) bond motifs is 6. The van der Waals surface area contributed by atoms with Gasteiger partial charge in [-0.1, -0.05) is 48.6 Å². The lowest BCUT2D eigenvalue weighted by Gasteiger charge is -2.33. The fraction of sp³-hybridized carbons (Fsp3) is 0.280. The van der Waals surface area contributed by atoms with Gasteiger partial charge in [0.25, 0.3) is 5.56 Å². The van der Waals surface area contributed by atoms with Crippen LogP contribution < -0.4 is 31.9 Å². The smallest absolute Gasteiger partial charge is 0.332 e. The lowest BCUT2D eigenvalue weighted by molar-refractivity contribution is 0.575. The van der Waals surface area contributed by atoms with Crippen molar-refractivity contribution in [3.63, 3.8) is 0 Å². The first-order chi connectivity index (χ1) is 15.1. The third-order valence-electron chi connectivity index (χ3n) is 7.01. The van der Waals surface area contributed by atoms with Crippen LogP contribution in [-0.2, 0) is 20.5 Å². The molecule has 1 N–H and O–H groups in total. The molecule has 3 aromatic rings. The van der Waals surface area contributed by atoms with Gasteiger partial charge in [0.15, 0.2) is 0 Å². The average molecular weight is 412 g/mol. The predicted octanol–water partition coefficient (Wildman–Crippen LogP) is 1.59. The number of rotatable bonds is 1. The van der Waals surface area contributed by atoms with Crippen molar-refractivity contribution in [2.24, 2.45) is 14.1 Å². The molecule has 0 amide bonds. The van der Waals surface area contributed by atoms with Gasteiger partial charge in [0.2, 0.25) is 0 Å². The summed E-state index contributed by atoms with van der Waals surface area (Å²) in [4.78, 5) is 27.4. The SMILES string of the molecule is Cn1c2c(c(=O)n(C)c1=O)NCN2C1CCC=c2c1ccc1c2=CCc2ccccc2-1. The Balaban J connectivity index is 1.53. The van der Waals surface area contributed by atoms with Crippen molar-refractivity contribution < 1.29 is 0 Å². The maximum atomic E-state index is 12.7. The minimum Gasteiger partial charge on any atom is -0.360 e. The molecule has 0 spiro atoms. The molecule has 1 unspecified atom stereocenters. The molecule has 0 saturated heterocycles. The van der Waals surface area contributed by atoms with Crippen LogP contribution in [0.4, 0.5) is 11.5 Å². The van der Waals surface area contributed by atoms with Crippen LogP contribution in [0, 0.1) is 0 Å². The summed E-state index contributed by atoms with van der Waals surface area (Å²) in [5.41, 5.74) is 5.19. The van der Waals surface area contributed by atoms with Crippen LogP contribution in [-0.4, -0.2) is 15.8 Å². The van der Waals surface area contributed by atoms with E-state index in [1.54, 1.807) is 11.6 Å². The van der Waals surface area contributed by atoms with E-state index in [4.69, 9.17) is 0 Å². The van der Waals surface area contributed by atoms with E-state index in [2.05, 4.69) is 58.8 Å². The van der Waals surface area contributed by atoms with E-state index < -0.39 is 0 Å². The van der Waals surface area contributed by atoms with Crippen molar-refractivity contribution in [2.45, 2.75) is 25.3 Å². The van der Waals surface area contributed by atoms with Gasteiger partial charge in [0.05, 0.1) is 12.7 Å². The molecule has 2 aliphatic carbocycles. The number of anilines is 2. The van der Waals surface area contributed by atoms with Crippen molar-refractivity contribution in [1.29, 1.82) is 0 Å². The summed E-state index contributed by atoms with van der Waals surface area (Å²) in [5, 5.41) is 5.85. The first-order valence-corrected chi connectivity index (χ1v) is 10.8. The van der Waals surface area contributed by atoms with Crippen LogP contribution in [0.1, 0.15) is 30.0 Å². The number of aromatic nitrogens is 2. The Hall–Kier alpha value is -3.54. The molecule has 0 saturated carbocycles. The van der Waals surface area contributed by atoms with Gasteiger partial charge in [-0.2, -0.15) is 0 Å². The highest BCUT2D eigenvalue weighted by Gasteiger charge is 2.33. The van der Waals surface area contributed by atoms with Crippen LogP contribution in [0.3, 0.4) is 0 Å². The molecule has 6 nitrogen and oxygen atoms in total. The predicted molar refractivity (Wildman–Crippen MR) is 124 cm³/mol. The highest BCUT2D eigenvalue weighted by molar-refractivity contribution is 5.75. The maximum absolute atomic E-state index is 12.7. The van der Waals surface area contributed by atoms with Crippen LogP contribution in [0.2, 0.25) is 0 Å². The Morgan fingerprint density at radius 3 is 2.65 bits per heavy atom. The van der Waals surface area contributed by atoms with E-state index >= 15 is 0 Å². The van der Waals surface area contributed by atoms with Crippen molar-refractivity contribution in [3.05, 3.63) is 78.8 Å². The topological polar surface area (TPSA) is 59.3 Å². The van der Waals surface area contributed by atoms with Crippen LogP contribution in [0.25, 0.3) is 23.3 Å². The van der Waals surface area contributed by atoms with Crippen molar-refractivity contribution in [2.75, 3.05) is 16.9 Å². The van der Waals surface area contributed by atoms with Gasteiger partial charge >= 0.3 is 5.69 Å². The van der Waals surface area contributed by atoms with Gasteiger partial charge in [-0.3, -0.25) is 13.9 Å². The van der Waals surface area contributed by atoms with Crippen LogP contribution in [0.15, 0.2) is 46.0 Å². The molecule has 1 aliphatic heterocycles. The highest BCUT2D eigenvalue weighted by atomic mass is 16.2. The molecule has 2 heterocycles. The summed E-state index contributed by atoms with van der Waals surface area (Å²) in [6.45, 7) is 0.523. The number of nitrogens with one attached hydrogen (secondary N) is 1. The van der Waals surface area contributed by atoms with Gasteiger partial charge in [-0.15, -0.1) is 0 Å². The lowest BCUT2D eigenvalue weighted by Crippen LogP contribution is -2.42. The Bertz CT molecular complexity index is 1500. The molecule has 0 bridgehead atoms. The van der Waals surface area contributed by atoms with Crippen molar-refractivity contribution >= 4 is 23.7 Å². The first-order valence-electron chi connectivity index (χ1n) is 10.8. The maximum Gasteiger partial charge on any atom is 0.332 e. The largest absolute Gasteiger partial charge is 0.360 e. The van der Waals surface area contributed by atoms with E-state index in [0.717, 1.165) is 19.3 Å². The molecule has 156 valence electrons. The van der Waals surface area contributed by atoms with Crippen LogP contribution >= 0.6 is 0 Å². The molecule has 6 heteroatoms. The van der Waals surface area contributed by atoms with E-state index in [0.29, 0.717) is 18.2 Å². The molecule has 1 aromatic heterocycles. The van der Waals surface area contributed by atoms with Crippen LogP contribution in [0.5, 0.6) is 0 Å². The molecule has 3 aliphatic rings. The number of hydrogen-bond acceptors (Lipinski definition) is 4. The molecule has 0 fully saturated rings. The number of benzene rings is 2. The Morgan fingerprint density at radius 1 is 0.935 bits per heavy atom. The number of hydrogen-bond donors (Lipinski definition) is 1. The Labute approximate surface area is 179 Å². The molecule has 31 heavy (non-hydrogen) atoms. The van der Waals surface area contributed by atoms with Gasteiger partial charge in [0, 0.05) is 14.1 Å². The second-order valence-corrected chi connectivity index (χ2v) is 8.60. The fourth-order valence-electron chi connectivity index (χ4n) is 5.49. The molecule has 6 rings (SSSR count). The van der Waals surface area contributed by atoms with E-state index in [1.165, 1.54) is 44.3 Å². The third-order valence-corrected chi connectivity index (χ3v) is 7.01. The zero-order chi connectivity index (χ0) is 21.3. The summed E-state index contributed by atoms with van der Waals surface area (Å²) in [6, 6.07) is 13.2. The van der Waals surface area contributed by atoms with E-state index in [1.807, 2.05) is 0 Å². The van der Waals surface area contributed by atoms with Crippen molar-refractivity contribution in [3.8, 4) is 11.1 Å². The molecular weight excluding hydrogens is 388 g/mol. The normalized spacial score (nSPS) is 18.1. The van der Waals surface area contributed by atoms with Gasteiger partial charge in [-0.05, 0) is 52.0 Å². The molecular formula is C25H24N4O2. The summed E-state index contributed by atoms with van der Waals surface area (Å²) in [6.07, 6.45) is 7.55. The minimum absolute atomic E-state index is 0.113. The second-order valence-electron chi connectivity index (χ2n) is 8.60. The Kier molecular flexibility index (Phi) is 3.81. The lowest BCUT2D eigenvalue weighted by atomic mass is 9.85. The van der Waals surface area contributed by atoms with Gasteiger partial charge < -0.3 is 10.2 Å². The summed E-state index contributed by atoms with van der Waals surface area (Å²) < 4.78 is 2.76. The minimum atomic E-state index is -0.296. The summed E-state index contributed by atoms with van der Waals surface area (Å²) >= 11 is 0. The summed E-state index contributed by atoms with van der Waals surface area (Å²) in [7, 11) is 3.27. The Morgan fingerprint density at radius 2 is 1.77 bits per heavy atom. The highest BCUT2D eigenvalue weighted by Crippen LogP contribution is 2.37. The standard InChI is InChI=1S/C25H24N4O2/c1-27-23-22(24(30)28(2)25(27)31)26-14-29(23)21-9-5-8-17-19-11-10-15-6-3-4-7-16(15)18(19)12-13-20(17)21/h3-4,6-8,11-13,21,26H,5,9-10,14H2,1-2H3. The third kappa shape index (κ3) is 2.45. The molecule has 2 aromatic carbocycles. The quantitative estimate of drug-likeness (QED) is 0.660. The molecule has 1 atom stereocenters. The second kappa shape index (κ2) is 6.48. The average Bonchev–Trinajstić information content (AvgIpc) is 3.25. The molecule has 0 radical (unpaired) electrons.